The fourth-order valence-corrected chi connectivity index (χ4v) is 5.14. The highest BCUT2D eigenvalue weighted by molar-refractivity contribution is 7.18. The maximum absolute atomic E-state index is 9.81. The van der Waals surface area contributed by atoms with E-state index in [1.54, 1.807) is 12.3 Å². The largest absolute Gasteiger partial charge is 0.459 e. The van der Waals surface area contributed by atoms with Gasteiger partial charge in [0.1, 0.15) is 17.5 Å². The Morgan fingerprint density at radius 1 is 0.970 bits per heavy atom. The molecular formula is C26H25N5OS. The molecule has 0 amide bonds. The first-order chi connectivity index (χ1) is 16.3. The van der Waals surface area contributed by atoms with Crippen LogP contribution in [0.25, 0.3) is 10.2 Å². The lowest BCUT2D eigenvalue weighted by molar-refractivity contribution is 0.221. The van der Waals surface area contributed by atoms with Gasteiger partial charge in [-0.3, -0.25) is 4.90 Å². The minimum atomic E-state index is -0.554. The van der Waals surface area contributed by atoms with Crippen molar-refractivity contribution in [2.24, 2.45) is 0 Å². The highest BCUT2D eigenvalue weighted by atomic mass is 32.1. The predicted octanol–water partition coefficient (Wildman–Crippen LogP) is 5.31. The number of rotatable bonds is 7. The van der Waals surface area contributed by atoms with Gasteiger partial charge in [0, 0.05) is 12.7 Å². The maximum Gasteiger partial charge on any atom is 0.316 e. The van der Waals surface area contributed by atoms with E-state index in [-0.39, 0.29) is 6.01 Å². The number of piperidine rings is 1. The maximum atomic E-state index is 9.81. The molecule has 6 nitrogen and oxygen atoms in total. The molecule has 0 N–H and O–H groups in total. The first-order valence-corrected chi connectivity index (χ1v) is 12.1. The van der Waals surface area contributed by atoms with Gasteiger partial charge in [-0.05, 0) is 55.3 Å². The van der Waals surface area contributed by atoms with Crippen LogP contribution in [-0.2, 0) is 13.2 Å². The minimum Gasteiger partial charge on any atom is -0.459 e. The predicted molar refractivity (Wildman–Crippen MR) is 129 cm³/mol. The number of fused-ring (bicyclic) bond motifs is 1. The quantitative estimate of drug-likeness (QED) is 0.376. The molecule has 1 unspecified atom stereocenters. The summed E-state index contributed by atoms with van der Waals surface area (Å²) >= 11 is 1.52. The molecule has 1 aliphatic heterocycles. The number of ether oxygens (including phenoxy) is 1. The highest BCUT2D eigenvalue weighted by Gasteiger charge is 2.20. The van der Waals surface area contributed by atoms with Crippen molar-refractivity contribution in [2.75, 3.05) is 13.1 Å². The Hall–Kier alpha value is -3.34. The highest BCUT2D eigenvalue weighted by Crippen LogP contribution is 2.31. The molecule has 0 spiro atoms. The van der Waals surface area contributed by atoms with Gasteiger partial charge in [-0.25, -0.2) is 9.97 Å². The van der Waals surface area contributed by atoms with Gasteiger partial charge >= 0.3 is 6.01 Å². The number of nitriles is 1. The summed E-state index contributed by atoms with van der Waals surface area (Å²) in [6.07, 6.45) is 5.59. The van der Waals surface area contributed by atoms with Crippen LogP contribution in [0.1, 0.15) is 47.0 Å². The summed E-state index contributed by atoms with van der Waals surface area (Å²) in [6.45, 7) is 3.78. The van der Waals surface area contributed by atoms with Crippen LogP contribution in [0.2, 0.25) is 0 Å². The van der Waals surface area contributed by atoms with Gasteiger partial charge in [0.15, 0.2) is 0 Å². The summed E-state index contributed by atoms with van der Waals surface area (Å²) in [4.78, 5) is 15.9. The van der Waals surface area contributed by atoms with E-state index in [0.717, 1.165) is 27.3 Å². The molecule has 3 heterocycles. The van der Waals surface area contributed by atoms with Crippen LogP contribution < -0.4 is 4.74 Å². The lowest BCUT2D eigenvalue weighted by Crippen LogP contribution is -2.29. The number of aromatic nitrogens is 3. The Balaban J connectivity index is 1.24. The van der Waals surface area contributed by atoms with Crippen molar-refractivity contribution in [3.8, 4) is 12.1 Å². The van der Waals surface area contributed by atoms with Crippen LogP contribution in [-0.4, -0.2) is 32.9 Å². The van der Waals surface area contributed by atoms with Crippen LogP contribution in [0, 0.1) is 11.3 Å². The topological polar surface area (TPSA) is 74.9 Å². The summed E-state index contributed by atoms with van der Waals surface area (Å²) < 4.78 is 6.91. The van der Waals surface area contributed by atoms with Crippen LogP contribution >= 0.6 is 11.3 Å². The molecule has 0 radical (unpaired) electrons. The molecule has 5 rings (SSSR count). The van der Waals surface area contributed by atoms with Crippen LogP contribution in [0.3, 0.4) is 0 Å². The van der Waals surface area contributed by atoms with Crippen molar-refractivity contribution >= 4 is 21.6 Å². The monoisotopic (exact) mass is 455 g/mol. The van der Waals surface area contributed by atoms with E-state index in [2.05, 4.69) is 50.2 Å². The summed E-state index contributed by atoms with van der Waals surface area (Å²) in [5.41, 5.74) is 3.88. The van der Waals surface area contributed by atoms with Crippen molar-refractivity contribution in [3.63, 3.8) is 0 Å². The van der Waals surface area contributed by atoms with E-state index in [1.807, 2.05) is 24.3 Å². The summed E-state index contributed by atoms with van der Waals surface area (Å²) in [5, 5.41) is 10.5. The molecule has 4 aromatic rings. The van der Waals surface area contributed by atoms with Crippen molar-refractivity contribution in [1.29, 1.82) is 5.26 Å². The zero-order valence-electron chi connectivity index (χ0n) is 18.4. The molecule has 2 aromatic carbocycles. The van der Waals surface area contributed by atoms with Gasteiger partial charge in [-0.1, -0.05) is 42.8 Å². The van der Waals surface area contributed by atoms with Gasteiger partial charge < -0.3 is 4.74 Å². The molecule has 0 aliphatic carbocycles. The Bertz CT molecular complexity index is 1220. The Morgan fingerprint density at radius 3 is 2.55 bits per heavy atom. The van der Waals surface area contributed by atoms with Crippen molar-refractivity contribution < 1.29 is 4.74 Å². The van der Waals surface area contributed by atoms with Crippen LogP contribution in [0.4, 0.5) is 0 Å². The SMILES string of the molecule is N#CC(c1ccnc(OCc2ccc(CN3CCCCC3)cc2)n1)c1nc2ccccc2s1. The standard InChI is InChI=1S/C26H25N5OS/c27-16-21(25-29-23-6-2-3-7-24(23)33-25)22-12-13-28-26(30-22)32-18-20-10-8-19(9-11-20)17-31-14-4-1-5-15-31/h2-3,6-13,21H,1,4-5,14-15,17-18H2. The Kier molecular flexibility index (Phi) is 6.56. The van der Waals surface area contributed by atoms with Gasteiger partial charge in [0.05, 0.1) is 22.0 Å². The molecule has 1 aliphatic rings. The second-order valence-electron chi connectivity index (χ2n) is 8.29. The number of nitrogens with zero attached hydrogens (tertiary/aromatic N) is 5. The summed E-state index contributed by atoms with van der Waals surface area (Å²) in [6, 6.07) is 20.8. The molecule has 166 valence electrons. The minimum absolute atomic E-state index is 0.270. The summed E-state index contributed by atoms with van der Waals surface area (Å²) in [5.74, 6) is -0.554. The number of hydrogen-bond acceptors (Lipinski definition) is 7. The third-order valence-electron chi connectivity index (χ3n) is 5.88. The van der Waals surface area contributed by atoms with Gasteiger partial charge in [0.2, 0.25) is 0 Å². The van der Waals surface area contributed by atoms with Crippen molar-refractivity contribution in [3.05, 3.63) is 82.6 Å². The molecule has 0 bridgehead atoms. The summed E-state index contributed by atoms with van der Waals surface area (Å²) in [7, 11) is 0. The zero-order valence-corrected chi connectivity index (χ0v) is 19.2. The normalized spacial score (nSPS) is 15.2. The average Bonchev–Trinajstić information content (AvgIpc) is 3.29. The number of benzene rings is 2. The molecule has 1 atom stereocenters. The lowest BCUT2D eigenvalue weighted by Gasteiger charge is -2.26. The second kappa shape index (κ2) is 10.1. The fourth-order valence-electron chi connectivity index (χ4n) is 4.11. The van der Waals surface area contributed by atoms with Gasteiger partial charge in [-0.2, -0.15) is 10.2 Å². The van der Waals surface area contributed by atoms with E-state index in [9.17, 15) is 5.26 Å². The third kappa shape index (κ3) is 5.19. The Morgan fingerprint density at radius 2 is 1.76 bits per heavy atom. The molecule has 1 saturated heterocycles. The van der Waals surface area contributed by atoms with E-state index in [4.69, 9.17) is 4.74 Å². The third-order valence-corrected chi connectivity index (χ3v) is 6.98. The number of thiazole rings is 1. The zero-order chi connectivity index (χ0) is 22.5. The van der Waals surface area contributed by atoms with Gasteiger partial charge in [-0.15, -0.1) is 11.3 Å². The first-order valence-electron chi connectivity index (χ1n) is 11.3. The molecular weight excluding hydrogens is 430 g/mol. The van der Waals surface area contributed by atoms with Crippen molar-refractivity contribution in [2.45, 2.75) is 38.3 Å². The number of para-hydroxylation sites is 1. The van der Waals surface area contributed by atoms with Crippen LogP contribution in [0.5, 0.6) is 6.01 Å². The lowest BCUT2D eigenvalue weighted by atomic mass is 10.1. The van der Waals surface area contributed by atoms with Gasteiger partial charge in [0.25, 0.3) is 0 Å². The van der Waals surface area contributed by atoms with E-state index in [0.29, 0.717) is 12.3 Å². The molecule has 0 saturated carbocycles. The Labute approximate surface area is 197 Å². The van der Waals surface area contributed by atoms with E-state index in [1.165, 1.54) is 49.3 Å². The van der Waals surface area contributed by atoms with Crippen molar-refractivity contribution in [1.82, 2.24) is 19.9 Å². The molecule has 33 heavy (non-hydrogen) atoms. The fraction of sp³-hybridized carbons (Fsp3) is 0.308. The molecule has 2 aromatic heterocycles. The van der Waals surface area contributed by atoms with E-state index < -0.39 is 5.92 Å². The van der Waals surface area contributed by atoms with Crippen LogP contribution in [0.15, 0.2) is 60.8 Å². The number of hydrogen-bond donors (Lipinski definition) is 0. The van der Waals surface area contributed by atoms with E-state index >= 15 is 0 Å². The smallest absolute Gasteiger partial charge is 0.316 e. The molecule has 1 fully saturated rings. The average molecular weight is 456 g/mol. The second-order valence-corrected chi connectivity index (χ2v) is 9.35. The number of likely N-dealkylation sites (tertiary alicyclic amines) is 1. The molecule has 7 heteroatoms. The first kappa shape index (κ1) is 21.5.